The number of rotatable bonds is 6. The molecule has 0 bridgehead atoms. The Morgan fingerprint density at radius 1 is 1.11 bits per heavy atom. The zero-order chi connectivity index (χ0) is 19.3. The molecule has 0 amide bonds. The number of anilines is 1. The lowest BCUT2D eigenvalue weighted by atomic mass is 9.95. The molecule has 0 spiro atoms. The minimum Gasteiger partial charge on any atom is -0.384 e. The average molecular weight is 374 g/mol. The Bertz CT molecular complexity index is 942. The largest absolute Gasteiger partial charge is 0.384 e. The Hall–Kier alpha value is -2.39. The Labute approximate surface area is 168 Å². The van der Waals surface area contributed by atoms with Crippen LogP contribution in [0.15, 0.2) is 48.5 Å². The number of aromatic nitrogens is 1. The lowest BCUT2D eigenvalue weighted by Gasteiger charge is -2.22. The third-order valence-corrected chi connectivity index (χ3v) is 5.89. The summed E-state index contributed by atoms with van der Waals surface area (Å²) in [5.41, 5.74) is 7.07. The zero-order valence-electron chi connectivity index (χ0n) is 17.1. The third kappa shape index (κ3) is 4.36. The molecule has 0 radical (unpaired) electrons. The summed E-state index contributed by atoms with van der Waals surface area (Å²) in [5, 5.41) is 8.44. The Kier molecular flexibility index (Phi) is 5.92. The predicted octanol–water partition coefficient (Wildman–Crippen LogP) is 5.71. The summed E-state index contributed by atoms with van der Waals surface area (Å²) in [6.45, 7) is 7.70. The number of fused-ring (bicyclic) bond motifs is 1. The van der Waals surface area contributed by atoms with Crippen LogP contribution < -0.4 is 10.6 Å². The molecule has 4 rings (SSSR count). The van der Waals surface area contributed by atoms with Gasteiger partial charge in [-0.1, -0.05) is 35.9 Å². The zero-order valence-corrected chi connectivity index (χ0v) is 17.1. The molecule has 3 aromatic rings. The number of nitrogens with zero attached hydrogens (tertiary/aromatic N) is 1. The number of hydrogen-bond acceptors (Lipinski definition) is 3. The van der Waals surface area contributed by atoms with E-state index in [2.05, 4.69) is 73.0 Å². The van der Waals surface area contributed by atoms with Crippen LogP contribution in [0.4, 0.5) is 5.69 Å². The Morgan fingerprint density at radius 2 is 2.00 bits per heavy atom. The molecule has 2 aromatic carbocycles. The maximum atomic E-state index is 4.96. The van der Waals surface area contributed by atoms with E-state index in [0.717, 1.165) is 23.7 Å². The highest BCUT2D eigenvalue weighted by Gasteiger charge is 2.13. The van der Waals surface area contributed by atoms with E-state index in [4.69, 9.17) is 4.98 Å². The van der Waals surface area contributed by atoms with Crippen molar-refractivity contribution in [3.05, 3.63) is 59.7 Å². The van der Waals surface area contributed by atoms with Gasteiger partial charge in [0.2, 0.25) is 0 Å². The molecule has 146 valence electrons. The second-order valence-electron chi connectivity index (χ2n) is 8.17. The van der Waals surface area contributed by atoms with Gasteiger partial charge in [0, 0.05) is 23.2 Å². The van der Waals surface area contributed by atoms with Crippen LogP contribution in [0.5, 0.6) is 0 Å². The molecule has 1 atom stereocenters. The first-order valence-corrected chi connectivity index (χ1v) is 10.6. The summed E-state index contributed by atoms with van der Waals surface area (Å²) in [5.74, 6) is 0.843. The van der Waals surface area contributed by atoms with Gasteiger partial charge >= 0.3 is 0 Å². The topological polar surface area (TPSA) is 37.0 Å². The van der Waals surface area contributed by atoms with E-state index in [9.17, 15) is 0 Å². The molecule has 1 aliphatic heterocycles. The summed E-state index contributed by atoms with van der Waals surface area (Å²) < 4.78 is 0. The summed E-state index contributed by atoms with van der Waals surface area (Å²) in [4.78, 5) is 4.96. The van der Waals surface area contributed by atoms with Crippen molar-refractivity contribution in [1.29, 1.82) is 0 Å². The lowest BCUT2D eigenvalue weighted by Crippen LogP contribution is -2.29. The van der Waals surface area contributed by atoms with Crippen LogP contribution in [-0.2, 0) is 0 Å². The number of nitrogens with one attached hydrogen (secondary N) is 2. The summed E-state index contributed by atoms with van der Waals surface area (Å²) in [6.07, 6.45) is 5.21. The summed E-state index contributed by atoms with van der Waals surface area (Å²) in [6, 6.07) is 17.3. The number of hydrogen-bond donors (Lipinski definition) is 2. The second kappa shape index (κ2) is 8.74. The van der Waals surface area contributed by atoms with Gasteiger partial charge in [0.15, 0.2) is 0 Å². The van der Waals surface area contributed by atoms with E-state index in [1.54, 1.807) is 0 Å². The fourth-order valence-electron chi connectivity index (χ4n) is 4.26. The molecule has 1 unspecified atom stereocenters. The van der Waals surface area contributed by atoms with Crippen LogP contribution in [0.1, 0.15) is 36.8 Å². The van der Waals surface area contributed by atoms with Crippen molar-refractivity contribution in [3.8, 4) is 11.3 Å². The van der Waals surface area contributed by atoms with Crippen molar-refractivity contribution in [2.24, 2.45) is 5.92 Å². The summed E-state index contributed by atoms with van der Waals surface area (Å²) >= 11 is 0. The highest BCUT2D eigenvalue weighted by Crippen LogP contribution is 2.30. The molecule has 1 saturated heterocycles. The van der Waals surface area contributed by atoms with Crippen LogP contribution in [0.3, 0.4) is 0 Å². The van der Waals surface area contributed by atoms with Gasteiger partial charge in [-0.15, -0.1) is 0 Å². The molecular formula is C25H31N3. The highest BCUT2D eigenvalue weighted by molar-refractivity contribution is 5.94. The third-order valence-electron chi connectivity index (χ3n) is 5.89. The van der Waals surface area contributed by atoms with Crippen molar-refractivity contribution >= 4 is 16.6 Å². The average Bonchev–Trinajstić information content (AvgIpc) is 2.73. The van der Waals surface area contributed by atoms with E-state index in [1.165, 1.54) is 66.5 Å². The van der Waals surface area contributed by atoms with Gasteiger partial charge in [-0.05, 0) is 82.3 Å². The van der Waals surface area contributed by atoms with Crippen molar-refractivity contribution in [2.75, 3.05) is 25.0 Å². The van der Waals surface area contributed by atoms with Crippen LogP contribution in [0, 0.1) is 19.8 Å². The van der Waals surface area contributed by atoms with Crippen LogP contribution in [0.25, 0.3) is 22.2 Å². The smallest absolute Gasteiger partial charge is 0.0733 e. The molecule has 3 nitrogen and oxygen atoms in total. The first kappa shape index (κ1) is 18.9. The minimum atomic E-state index is 0.843. The van der Waals surface area contributed by atoms with Crippen LogP contribution >= 0.6 is 0 Å². The van der Waals surface area contributed by atoms with E-state index in [0.29, 0.717) is 0 Å². The molecule has 1 fully saturated rings. The van der Waals surface area contributed by atoms with Gasteiger partial charge in [-0.3, -0.25) is 0 Å². The molecule has 2 heterocycles. The number of pyridine rings is 1. The Balaban J connectivity index is 1.55. The van der Waals surface area contributed by atoms with Crippen molar-refractivity contribution < 1.29 is 0 Å². The first-order valence-electron chi connectivity index (χ1n) is 10.6. The fraction of sp³-hybridized carbons (Fsp3) is 0.400. The molecule has 3 heteroatoms. The lowest BCUT2D eigenvalue weighted by molar-refractivity contribution is 0.353. The fourth-order valence-corrected chi connectivity index (χ4v) is 4.26. The minimum absolute atomic E-state index is 0.843. The van der Waals surface area contributed by atoms with E-state index in [1.807, 2.05) is 0 Å². The van der Waals surface area contributed by atoms with Crippen LogP contribution in [0.2, 0.25) is 0 Å². The SMILES string of the molecule is Cc1ccc(C)c(-c2cc(NCCCC3CCCNC3)c3ccccc3n2)c1. The molecule has 2 N–H and O–H groups in total. The molecule has 0 saturated carbocycles. The van der Waals surface area contributed by atoms with Gasteiger partial charge in [-0.25, -0.2) is 4.98 Å². The van der Waals surface area contributed by atoms with Crippen LogP contribution in [-0.4, -0.2) is 24.6 Å². The highest BCUT2D eigenvalue weighted by atomic mass is 14.9. The normalized spacial score (nSPS) is 17.0. The first-order chi connectivity index (χ1) is 13.7. The number of piperidine rings is 1. The second-order valence-corrected chi connectivity index (χ2v) is 8.17. The number of aryl methyl sites for hydroxylation is 2. The van der Waals surface area contributed by atoms with Crippen molar-refractivity contribution in [1.82, 2.24) is 10.3 Å². The molecule has 1 aliphatic rings. The number of benzene rings is 2. The number of para-hydroxylation sites is 1. The van der Waals surface area contributed by atoms with Gasteiger partial charge in [0.1, 0.15) is 0 Å². The maximum absolute atomic E-state index is 4.96. The predicted molar refractivity (Wildman–Crippen MR) is 120 cm³/mol. The van der Waals surface area contributed by atoms with Gasteiger partial charge in [0.25, 0.3) is 0 Å². The summed E-state index contributed by atoms with van der Waals surface area (Å²) in [7, 11) is 0. The Morgan fingerprint density at radius 3 is 2.86 bits per heavy atom. The molecule has 0 aliphatic carbocycles. The maximum Gasteiger partial charge on any atom is 0.0733 e. The van der Waals surface area contributed by atoms with E-state index >= 15 is 0 Å². The van der Waals surface area contributed by atoms with Gasteiger partial charge in [-0.2, -0.15) is 0 Å². The van der Waals surface area contributed by atoms with Gasteiger partial charge < -0.3 is 10.6 Å². The molecular weight excluding hydrogens is 342 g/mol. The monoisotopic (exact) mass is 373 g/mol. The molecule has 1 aromatic heterocycles. The van der Waals surface area contributed by atoms with E-state index in [-0.39, 0.29) is 0 Å². The van der Waals surface area contributed by atoms with Crippen molar-refractivity contribution in [2.45, 2.75) is 39.5 Å². The van der Waals surface area contributed by atoms with Crippen molar-refractivity contribution in [3.63, 3.8) is 0 Å². The standard InChI is InChI=1S/C25H31N3/c1-18-11-12-19(2)22(15-18)25-16-24(21-9-3-4-10-23(21)28-25)27-14-6-8-20-7-5-13-26-17-20/h3-4,9-12,15-16,20,26H,5-8,13-14,17H2,1-2H3,(H,27,28). The van der Waals surface area contributed by atoms with E-state index < -0.39 is 0 Å². The molecule has 28 heavy (non-hydrogen) atoms. The van der Waals surface area contributed by atoms with Gasteiger partial charge in [0.05, 0.1) is 11.2 Å². The quantitative estimate of drug-likeness (QED) is 0.543.